The number of nitrogens with zero attached hydrogens (tertiary/aromatic N) is 1. The van der Waals surface area contributed by atoms with Crippen molar-refractivity contribution < 1.29 is 14.7 Å². The van der Waals surface area contributed by atoms with E-state index in [-0.39, 0.29) is 11.5 Å². The molecule has 1 aliphatic carbocycles. The number of pyridine rings is 1. The maximum absolute atomic E-state index is 12.7. The Bertz CT molecular complexity index is 971. The van der Waals surface area contributed by atoms with Gasteiger partial charge in [-0.2, -0.15) is 0 Å². The van der Waals surface area contributed by atoms with Crippen molar-refractivity contribution in [3.63, 3.8) is 0 Å². The monoisotopic (exact) mass is 318 g/mol. The first-order chi connectivity index (χ1) is 11.6. The summed E-state index contributed by atoms with van der Waals surface area (Å²) < 4.78 is 0. The third-order valence-electron chi connectivity index (χ3n) is 4.38. The van der Waals surface area contributed by atoms with E-state index in [0.717, 1.165) is 29.4 Å². The van der Waals surface area contributed by atoms with Gasteiger partial charge in [0.15, 0.2) is 0 Å². The molecule has 5 nitrogen and oxygen atoms in total. The lowest BCUT2D eigenvalue weighted by molar-refractivity contribution is 0.0699. The molecule has 2 aromatic carbocycles. The number of aryl methyl sites for hydroxylation is 2. The number of amides is 1. The van der Waals surface area contributed by atoms with Crippen molar-refractivity contribution in [1.29, 1.82) is 0 Å². The number of hydrogen-bond acceptors (Lipinski definition) is 3. The fourth-order valence-corrected chi connectivity index (χ4v) is 3.32. The van der Waals surface area contributed by atoms with Crippen molar-refractivity contribution >= 4 is 28.5 Å². The Labute approximate surface area is 138 Å². The number of rotatable bonds is 3. The zero-order chi connectivity index (χ0) is 16.7. The molecule has 0 radical (unpaired) electrons. The minimum absolute atomic E-state index is 0.156. The van der Waals surface area contributed by atoms with Gasteiger partial charge in [-0.05, 0) is 53.6 Å². The summed E-state index contributed by atoms with van der Waals surface area (Å²) in [5.41, 5.74) is 2.71. The summed E-state index contributed by atoms with van der Waals surface area (Å²) in [6.45, 7) is 0. The fraction of sp³-hybridized carbons (Fsp3) is 0.105. The highest BCUT2D eigenvalue weighted by atomic mass is 16.4. The van der Waals surface area contributed by atoms with Gasteiger partial charge >= 0.3 is 5.97 Å². The van der Waals surface area contributed by atoms with Gasteiger partial charge in [-0.15, -0.1) is 0 Å². The molecule has 0 saturated carbocycles. The SMILES string of the molecule is O=C(O)c1ccc2c3c(ccc(C(=O)Nc4ccccn4)c13)CC2. The molecule has 0 atom stereocenters. The lowest BCUT2D eigenvalue weighted by atomic mass is 9.95. The molecular formula is C19H14N2O3. The van der Waals surface area contributed by atoms with E-state index in [2.05, 4.69) is 10.3 Å². The quantitative estimate of drug-likeness (QED) is 0.776. The van der Waals surface area contributed by atoms with Crippen molar-refractivity contribution in [1.82, 2.24) is 4.98 Å². The highest BCUT2D eigenvalue weighted by molar-refractivity contribution is 6.19. The van der Waals surface area contributed by atoms with Crippen LogP contribution in [0.3, 0.4) is 0 Å². The number of carbonyl (C=O) groups is 2. The summed E-state index contributed by atoms with van der Waals surface area (Å²) in [5, 5.41) is 13.7. The summed E-state index contributed by atoms with van der Waals surface area (Å²) in [6, 6.07) is 12.3. The van der Waals surface area contributed by atoms with Crippen LogP contribution >= 0.6 is 0 Å². The number of aromatic nitrogens is 1. The van der Waals surface area contributed by atoms with Crippen LogP contribution in [0.2, 0.25) is 0 Å². The zero-order valence-electron chi connectivity index (χ0n) is 12.7. The molecule has 0 aliphatic heterocycles. The van der Waals surface area contributed by atoms with Crippen LogP contribution in [0.25, 0.3) is 10.8 Å². The normalized spacial score (nSPS) is 12.3. The Morgan fingerprint density at radius 1 is 0.917 bits per heavy atom. The lowest BCUT2D eigenvalue weighted by Crippen LogP contribution is -2.14. The van der Waals surface area contributed by atoms with Gasteiger partial charge in [-0.25, -0.2) is 9.78 Å². The number of anilines is 1. The van der Waals surface area contributed by atoms with Gasteiger partial charge in [-0.1, -0.05) is 18.2 Å². The van der Waals surface area contributed by atoms with E-state index in [1.807, 2.05) is 12.1 Å². The Kier molecular flexibility index (Phi) is 3.27. The van der Waals surface area contributed by atoms with Gasteiger partial charge in [-0.3, -0.25) is 4.79 Å². The van der Waals surface area contributed by atoms with Gasteiger partial charge in [0.1, 0.15) is 5.82 Å². The van der Waals surface area contributed by atoms with Crippen LogP contribution in [0.15, 0.2) is 48.7 Å². The number of benzene rings is 2. The van der Waals surface area contributed by atoms with Gasteiger partial charge in [0.2, 0.25) is 0 Å². The maximum atomic E-state index is 12.7. The minimum atomic E-state index is -1.03. The summed E-state index contributed by atoms with van der Waals surface area (Å²) in [4.78, 5) is 28.4. The number of aromatic carboxylic acids is 1. The van der Waals surface area contributed by atoms with Gasteiger partial charge < -0.3 is 10.4 Å². The van der Waals surface area contributed by atoms with Gasteiger partial charge in [0.05, 0.1) is 5.56 Å². The van der Waals surface area contributed by atoms with Gasteiger partial charge in [0.25, 0.3) is 5.91 Å². The molecule has 4 rings (SSSR count). The van der Waals surface area contributed by atoms with Crippen molar-refractivity contribution in [2.45, 2.75) is 12.8 Å². The summed E-state index contributed by atoms with van der Waals surface area (Å²) in [5.74, 6) is -0.952. The summed E-state index contributed by atoms with van der Waals surface area (Å²) in [7, 11) is 0. The molecule has 1 aromatic heterocycles. The van der Waals surface area contributed by atoms with Crippen molar-refractivity contribution in [3.05, 3.63) is 70.9 Å². The molecule has 0 bridgehead atoms. The number of carbonyl (C=O) groups excluding carboxylic acids is 1. The van der Waals surface area contributed by atoms with Crippen LogP contribution in [0, 0.1) is 0 Å². The second kappa shape index (κ2) is 5.45. The molecule has 0 unspecified atom stereocenters. The number of hydrogen-bond donors (Lipinski definition) is 2. The predicted molar refractivity (Wildman–Crippen MR) is 90.5 cm³/mol. The number of carboxylic acid groups (broad SMARTS) is 1. The third kappa shape index (κ3) is 2.22. The Balaban J connectivity index is 1.90. The minimum Gasteiger partial charge on any atom is -0.478 e. The largest absolute Gasteiger partial charge is 0.478 e. The van der Waals surface area contributed by atoms with Crippen molar-refractivity contribution in [2.75, 3.05) is 5.32 Å². The maximum Gasteiger partial charge on any atom is 0.336 e. The molecule has 0 fully saturated rings. The molecule has 0 saturated heterocycles. The average molecular weight is 318 g/mol. The molecule has 0 spiro atoms. The lowest BCUT2D eigenvalue weighted by Gasteiger charge is -2.12. The topological polar surface area (TPSA) is 79.3 Å². The Morgan fingerprint density at radius 2 is 1.62 bits per heavy atom. The standard InChI is InChI=1S/C19H14N2O3/c22-18(21-15-3-1-2-10-20-15)13-8-6-11-4-5-12-7-9-14(19(23)24)17(13)16(11)12/h1-3,6-10H,4-5H2,(H,23,24)(H,20,21,22). The van der Waals surface area contributed by atoms with E-state index in [9.17, 15) is 14.7 Å². The molecule has 2 N–H and O–H groups in total. The highest BCUT2D eigenvalue weighted by Crippen LogP contribution is 2.35. The van der Waals surface area contributed by atoms with Crippen LogP contribution in [0.1, 0.15) is 31.8 Å². The van der Waals surface area contributed by atoms with Crippen LogP contribution in [-0.2, 0) is 12.8 Å². The average Bonchev–Trinajstić information content (AvgIpc) is 3.01. The molecule has 1 heterocycles. The molecule has 5 heteroatoms. The van der Waals surface area contributed by atoms with E-state index >= 15 is 0 Å². The van der Waals surface area contributed by atoms with E-state index in [1.165, 1.54) is 0 Å². The molecule has 1 amide bonds. The first-order valence-electron chi connectivity index (χ1n) is 7.68. The Morgan fingerprint density at radius 3 is 2.25 bits per heavy atom. The highest BCUT2D eigenvalue weighted by Gasteiger charge is 2.23. The second-order valence-corrected chi connectivity index (χ2v) is 5.77. The van der Waals surface area contributed by atoms with E-state index < -0.39 is 5.97 Å². The van der Waals surface area contributed by atoms with Crippen molar-refractivity contribution in [3.8, 4) is 0 Å². The smallest absolute Gasteiger partial charge is 0.336 e. The van der Waals surface area contributed by atoms with Crippen LogP contribution in [0.4, 0.5) is 5.82 Å². The van der Waals surface area contributed by atoms with Crippen molar-refractivity contribution in [2.24, 2.45) is 0 Å². The van der Waals surface area contributed by atoms with E-state index in [1.54, 1.807) is 36.5 Å². The van der Waals surface area contributed by atoms with Crippen LogP contribution in [-0.4, -0.2) is 22.0 Å². The third-order valence-corrected chi connectivity index (χ3v) is 4.38. The second-order valence-electron chi connectivity index (χ2n) is 5.77. The predicted octanol–water partition coefficient (Wildman–Crippen LogP) is 3.28. The first kappa shape index (κ1) is 14.4. The molecule has 1 aliphatic rings. The van der Waals surface area contributed by atoms with E-state index in [0.29, 0.717) is 16.8 Å². The first-order valence-corrected chi connectivity index (χ1v) is 7.68. The molecule has 3 aromatic rings. The van der Waals surface area contributed by atoms with Gasteiger partial charge in [0, 0.05) is 17.1 Å². The molecule has 24 heavy (non-hydrogen) atoms. The zero-order valence-corrected chi connectivity index (χ0v) is 12.7. The summed E-state index contributed by atoms with van der Waals surface area (Å²) >= 11 is 0. The Hall–Kier alpha value is -3.21. The van der Waals surface area contributed by atoms with Crippen LogP contribution in [0.5, 0.6) is 0 Å². The summed E-state index contributed by atoms with van der Waals surface area (Å²) in [6.07, 6.45) is 3.33. The van der Waals surface area contributed by atoms with Crippen LogP contribution < -0.4 is 5.32 Å². The molecular weight excluding hydrogens is 304 g/mol. The molecule has 118 valence electrons. The number of carboxylic acids is 1. The number of nitrogens with one attached hydrogen (secondary N) is 1. The fourth-order valence-electron chi connectivity index (χ4n) is 3.32. The van der Waals surface area contributed by atoms with E-state index in [4.69, 9.17) is 0 Å².